The predicted octanol–water partition coefficient (Wildman–Crippen LogP) is 4.65. The molecular formula is C23H21Cl2N3O3. The zero-order valence-corrected chi connectivity index (χ0v) is 18.4. The van der Waals surface area contributed by atoms with Crippen molar-refractivity contribution >= 4 is 52.3 Å². The molecule has 0 bridgehead atoms. The van der Waals surface area contributed by atoms with Crippen molar-refractivity contribution in [2.45, 2.75) is 19.8 Å². The minimum atomic E-state index is -0.609. The Hall–Kier alpha value is -2.83. The minimum Gasteiger partial charge on any atom is -0.350 e. The Kier molecular flexibility index (Phi) is 6.03. The number of nitrogens with zero attached hydrogens (tertiary/aromatic N) is 2. The highest BCUT2D eigenvalue weighted by Crippen LogP contribution is 2.31. The largest absolute Gasteiger partial charge is 0.350 e. The smallest absolute Gasteiger partial charge is 0.283 e. The molecule has 0 radical (unpaired) electrons. The zero-order valence-electron chi connectivity index (χ0n) is 16.9. The van der Waals surface area contributed by atoms with Crippen LogP contribution in [0.3, 0.4) is 0 Å². The van der Waals surface area contributed by atoms with Crippen LogP contribution in [-0.4, -0.2) is 35.7 Å². The second-order valence-electron chi connectivity index (χ2n) is 7.79. The third-order valence-electron chi connectivity index (χ3n) is 5.58. The summed E-state index contributed by atoms with van der Waals surface area (Å²) in [5, 5.41) is 3.22. The fourth-order valence-corrected chi connectivity index (χ4v) is 4.01. The van der Waals surface area contributed by atoms with Crippen LogP contribution in [0.2, 0.25) is 5.02 Å². The Morgan fingerprint density at radius 2 is 1.55 bits per heavy atom. The number of hydrogen-bond acceptors (Lipinski definition) is 4. The standard InChI is InChI=1S/C23H21Cl2N3O3/c1-14-10-12-27(13-11-14)21(29)15-2-6-17(7-3-15)26-20-19(25)22(30)28(23(20)31)18-8-4-16(24)5-9-18/h2-9,14,26H,10-13H2,1H3. The number of benzene rings is 2. The van der Waals surface area contributed by atoms with E-state index in [-0.39, 0.29) is 16.6 Å². The van der Waals surface area contributed by atoms with Crippen LogP contribution in [0.15, 0.2) is 59.3 Å². The van der Waals surface area contributed by atoms with Gasteiger partial charge in [-0.25, -0.2) is 4.90 Å². The van der Waals surface area contributed by atoms with E-state index in [0.29, 0.717) is 27.9 Å². The van der Waals surface area contributed by atoms with Gasteiger partial charge in [0.05, 0.1) is 5.69 Å². The lowest BCUT2D eigenvalue weighted by atomic mass is 9.98. The molecule has 0 spiro atoms. The first-order valence-corrected chi connectivity index (χ1v) is 10.8. The summed E-state index contributed by atoms with van der Waals surface area (Å²) in [6, 6.07) is 13.1. The Morgan fingerprint density at radius 1 is 0.935 bits per heavy atom. The van der Waals surface area contributed by atoms with Crippen molar-refractivity contribution in [1.29, 1.82) is 0 Å². The van der Waals surface area contributed by atoms with Crippen LogP contribution in [0.1, 0.15) is 30.1 Å². The second-order valence-corrected chi connectivity index (χ2v) is 8.60. The van der Waals surface area contributed by atoms with Gasteiger partial charge in [-0.05, 0) is 67.3 Å². The molecule has 160 valence electrons. The molecule has 0 aromatic heterocycles. The molecule has 4 rings (SSSR count). The number of nitrogens with one attached hydrogen (secondary N) is 1. The fraction of sp³-hybridized carbons (Fsp3) is 0.261. The molecule has 2 aromatic rings. The average Bonchev–Trinajstić information content (AvgIpc) is 2.98. The Morgan fingerprint density at radius 3 is 2.16 bits per heavy atom. The molecule has 3 amide bonds. The first-order valence-electron chi connectivity index (χ1n) is 10.1. The maximum atomic E-state index is 12.8. The van der Waals surface area contributed by atoms with Crippen molar-refractivity contribution in [3.8, 4) is 0 Å². The molecule has 1 fully saturated rings. The average molecular weight is 458 g/mol. The van der Waals surface area contributed by atoms with Crippen LogP contribution in [-0.2, 0) is 9.59 Å². The van der Waals surface area contributed by atoms with E-state index in [0.717, 1.165) is 30.8 Å². The highest BCUT2D eigenvalue weighted by molar-refractivity contribution is 6.53. The van der Waals surface area contributed by atoms with Gasteiger partial charge in [0.2, 0.25) is 0 Å². The van der Waals surface area contributed by atoms with Crippen LogP contribution in [0.4, 0.5) is 11.4 Å². The number of anilines is 2. The van der Waals surface area contributed by atoms with Crippen molar-refractivity contribution in [3.05, 3.63) is 69.8 Å². The van der Waals surface area contributed by atoms with E-state index in [1.807, 2.05) is 4.90 Å². The van der Waals surface area contributed by atoms with Gasteiger partial charge in [0, 0.05) is 29.4 Å². The van der Waals surface area contributed by atoms with Gasteiger partial charge in [-0.3, -0.25) is 14.4 Å². The van der Waals surface area contributed by atoms with Crippen LogP contribution in [0, 0.1) is 5.92 Å². The summed E-state index contributed by atoms with van der Waals surface area (Å²) in [6.07, 6.45) is 2.02. The molecule has 0 unspecified atom stereocenters. The number of hydrogen-bond donors (Lipinski definition) is 1. The van der Waals surface area contributed by atoms with Crippen molar-refractivity contribution in [3.63, 3.8) is 0 Å². The van der Waals surface area contributed by atoms with Gasteiger partial charge in [0.15, 0.2) is 0 Å². The maximum absolute atomic E-state index is 12.8. The van der Waals surface area contributed by atoms with E-state index < -0.39 is 11.8 Å². The molecular weight excluding hydrogens is 437 g/mol. The zero-order chi connectivity index (χ0) is 22.1. The number of halogens is 2. The van der Waals surface area contributed by atoms with E-state index in [2.05, 4.69) is 12.2 Å². The van der Waals surface area contributed by atoms with Crippen LogP contribution in [0.5, 0.6) is 0 Å². The van der Waals surface area contributed by atoms with Crippen molar-refractivity contribution in [2.75, 3.05) is 23.3 Å². The summed E-state index contributed by atoms with van der Waals surface area (Å²) in [7, 11) is 0. The molecule has 2 aliphatic rings. The van der Waals surface area contributed by atoms with E-state index in [9.17, 15) is 14.4 Å². The van der Waals surface area contributed by atoms with Crippen molar-refractivity contribution in [2.24, 2.45) is 5.92 Å². The lowest BCUT2D eigenvalue weighted by Gasteiger charge is -2.30. The summed E-state index contributed by atoms with van der Waals surface area (Å²) in [6.45, 7) is 3.73. The van der Waals surface area contributed by atoms with Gasteiger partial charge in [-0.15, -0.1) is 0 Å². The van der Waals surface area contributed by atoms with Crippen molar-refractivity contribution in [1.82, 2.24) is 4.90 Å². The van der Waals surface area contributed by atoms with Gasteiger partial charge in [0.1, 0.15) is 10.7 Å². The molecule has 8 heteroatoms. The number of likely N-dealkylation sites (tertiary alicyclic amines) is 1. The number of rotatable bonds is 4. The van der Waals surface area contributed by atoms with Crippen LogP contribution >= 0.6 is 23.2 Å². The summed E-state index contributed by atoms with van der Waals surface area (Å²) in [5.41, 5.74) is 1.50. The second kappa shape index (κ2) is 8.73. The molecule has 1 N–H and O–H groups in total. The number of piperidine rings is 1. The molecule has 2 heterocycles. The molecule has 6 nitrogen and oxygen atoms in total. The monoisotopic (exact) mass is 457 g/mol. The Balaban J connectivity index is 1.47. The predicted molar refractivity (Wildman–Crippen MR) is 121 cm³/mol. The van der Waals surface area contributed by atoms with E-state index >= 15 is 0 Å². The van der Waals surface area contributed by atoms with Gasteiger partial charge in [-0.2, -0.15) is 0 Å². The first-order chi connectivity index (χ1) is 14.8. The third-order valence-corrected chi connectivity index (χ3v) is 6.19. The highest BCUT2D eigenvalue weighted by atomic mass is 35.5. The lowest BCUT2D eigenvalue weighted by molar-refractivity contribution is -0.120. The number of imide groups is 1. The number of carbonyl (C=O) groups is 3. The summed E-state index contributed by atoms with van der Waals surface area (Å²) in [5.74, 6) is -0.521. The van der Waals surface area contributed by atoms with Gasteiger partial charge < -0.3 is 10.2 Å². The number of amides is 3. The van der Waals surface area contributed by atoms with Gasteiger partial charge in [0.25, 0.3) is 17.7 Å². The van der Waals surface area contributed by atoms with Crippen LogP contribution in [0.25, 0.3) is 0 Å². The molecule has 0 aliphatic carbocycles. The molecule has 31 heavy (non-hydrogen) atoms. The van der Waals surface area contributed by atoms with E-state index in [1.165, 1.54) is 0 Å². The summed E-state index contributed by atoms with van der Waals surface area (Å²) >= 11 is 12.0. The Labute approximate surface area is 190 Å². The molecule has 0 atom stereocenters. The molecule has 2 aromatic carbocycles. The summed E-state index contributed by atoms with van der Waals surface area (Å²) < 4.78 is 0. The number of carbonyl (C=O) groups excluding carboxylic acids is 3. The van der Waals surface area contributed by atoms with Crippen LogP contribution < -0.4 is 10.2 Å². The molecule has 2 aliphatic heterocycles. The quantitative estimate of drug-likeness (QED) is 0.678. The minimum absolute atomic E-state index is 0.00303. The topological polar surface area (TPSA) is 69.7 Å². The maximum Gasteiger partial charge on any atom is 0.283 e. The normalized spacial score (nSPS) is 17.5. The molecule has 0 saturated carbocycles. The van der Waals surface area contributed by atoms with Gasteiger partial charge in [-0.1, -0.05) is 30.1 Å². The highest BCUT2D eigenvalue weighted by Gasteiger charge is 2.39. The lowest BCUT2D eigenvalue weighted by Crippen LogP contribution is -2.37. The first kappa shape index (κ1) is 21.4. The molecule has 1 saturated heterocycles. The van der Waals surface area contributed by atoms with Crippen molar-refractivity contribution < 1.29 is 14.4 Å². The van der Waals surface area contributed by atoms with E-state index in [1.54, 1.807) is 48.5 Å². The third kappa shape index (κ3) is 4.31. The SMILES string of the molecule is CC1CCN(C(=O)c2ccc(NC3=C(Cl)C(=O)N(c4ccc(Cl)cc4)C3=O)cc2)CC1. The van der Waals surface area contributed by atoms with E-state index in [4.69, 9.17) is 23.2 Å². The fourth-order valence-electron chi connectivity index (χ4n) is 3.67. The Bertz CT molecular complexity index is 1060. The van der Waals surface area contributed by atoms with Gasteiger partial charge >= 0.3 is 0 Å². The summed E-state index contributed by atoms with van der Waals surface area (Å²) in [4.78, 5) is 40.9.